The van der Waals surface area contributed by atoms with Crippen molar-refractivity contribution in [2.75, 3.05) is 6.54 Å². The predicted octanol–water partition coefficient (Wildman–Crippen LogP) is 3.40. The van der Waals surface area contributed by atoms with E-state index in [1.54, 1.807) is 13.0 Å². The second-order valence-corrected chi connectivity index (χ2v) is 5.90. The molecule has 0 saturated carbocycles. The van der Waals surface area contributed by atoms with Gasteiger partial charge in [-0.25, -0.2) is 4.39 Å². The van der Waals surface area contributed by atoms with Crippen molar-refractivity contribution in [2.45, 2.75) is 32.9 Å². The van der Waals surface area contributed by atoms with Crippen LogP contribution in [-0.4, -0.2) is 21.6 Å². The Balaban J connectivity index is 1.87. The molecule has 0 fully saturated rings. The molecule has 4 nitrogen and oxygen atoms in total. The summed E-state index contributed by atoms with van der Waals surface area (Å²) in [4.78, 5) is 2.16. The van der Waals surface area contributed by atoms with Crippen LogP contribution in [0.15, 0.2) is 21.0 Å². The minimum atomic E-state index is -0.151. The summed E-state index contributed by atoms with van der Waals surface area (Å²) in [5.41, 5.74) is 1.82. The van der Waals surface area contributed by atoms with Crippen LogP contribution in [0.5, 0.6) is 0 Å². The third kappa shape index (κ3) is 2.38. The van der Waals surface area contributed by atoms with E-state index in [9.17, 15) is 4.39 Å². The fourth-order valence-corrected chi connectivity index (χ4v) is 3.15. The number of hydrogen-bond acceptors (Lipinski definition) is 4. The van der Waals surface area contributed by atoms with E-state index in [1.165, 1.54) is 6.07 Å². The summed E-state index contributed by atoms with van der Waals surface area (Å²) in [6.07, 6.45) is 0.811. The zero-order chi connectivity index (χ0) is 14.3. The van der Waals surface area contributed by atoms with Gasteiger partial charge in [-0.1, -0.05) is 15.9 Å². The van der Waals surface area contributed by atoms with Gasteiger partial charge in [0.2, 0.25) is 11.8 Å². The first-order valence-corrected chi connectivity index (χ1v) is 7.35. The van der Waals surface area contributed by atoms with Gasteiger partial charge in [-0.2, -0.15) is 0 Å². The number of fused-ring (bicyclic) bond motifs is 1. The zero-order valence-corrected chi connectivity index (χ0v) is 12.9. The van der Waals surface area contributed by atoms with E-state index in [-0.39, 0.29) is 11.9 Å². The summed E-state index contributed by atoms with van der Waals surface area (Å²) in [7, 11) is 0. The number of aromatic nitrogens is 2. The molecule has 6 heteroatoms. The normalized spacial score (nSPS) is 17.0. The molecule has 3 rings (SSSR count). The van der Waals surface area contributed by atoms with Crippen molar-refractivity contribution in [1.82, 2.24) is 15.1 Å². The van der Waals surface area contributed by atoms with Crippen LogP contribution in [0, 0.1) is 12.7 Å². The van der Waals surface area contributed by atoms with Crippen LogP contribution >= 0.6 is 15.9 Å². The number of hydrogen-bond donors (Lipinski definition) is 0. The minimum Gasteiger partial charge on any atom is -0.424 e. The highest BCUT2D eigenvalue weighted by Crippen LogP contribution is 2.32. The van der Waals surface area contributed by atoms with Gasteiger partial charge in [-0.15, -0.1) is 10.2 Å². The summed E-state index contributed by atoms with van der Waals surface area (Å²) in [5, 5.41) is 7.91. The lowest BCUT2D eigenvalue weighted by atomic mass is 9.98. The fourth-order valence-electron chi connectivity index (χ4n) is 2.58. The van der Waals surface area contributed by atoms with Crippen LogP contribution in [-0.2, 0) is 13.0 Å². The van der Waals surface area contributed by atoms with Gasteiger partial charge in [0.05, 0.1) is 6.04 Å². The molecular formula is C14H15BrFN3O. The lowest BCUT2D eigenvalue weighted by Crippen LogP contribution is -2.33. The molecule has 20 heavy (non-hydrogen) atoms. The second-order valence-electron chi connectivity index (χ2n) is 5.04. The predicted molar refractivity (Wildman–Crippen MR) is 75.7 cm³/mol. The Morgan fingerprint density at radius 1 is 1.35 bits per heavy atom. The maximum atomic E-state index is 14.0. The number of nitrogens with zero attached hydrogens (tertiary/aromatic N) is 3. The lowest BCUT2D eigenvalue weighted by Gasteiger charge is -2.32. The van der Waals surface area contributed by atoms with E-state index in [0.717, 1.165) is 28.6 Å². The molecule has 1 atom stereocenters. The highest BCUT2D eigenvalue weighted by atomic mass is 79.9. The maximum absolute atomic E-state index is 14.0. The number of aryl methyl sites for hydroxylation is 1. The largest absolute Gasteiger partial charge is 0.424 e. The van der Waals surface area contributed by atoms with E-state index in [4.69, 9.17) is 4.42 Å². The van der Waals surface area contributed by atoms with Crippen molar-refractivity contribution < 1.29 is 8.81 Å². The van der Waals surface area contributed by atoms with E-state index in [1.807, 2.05) is 6.92 Å². The number of benzene rings is 1. The molecule has 2 aromatic rings. The van der Waals surface area contributed by atoms with Crippen LogP contribution in [0.2, 0.25) is 0 Å². The molecule has 1 aliphatic rings. The second kappa shape index (κ2) is 5.26. The first-order valence-electron chi connectivity index (χ1n) is 6.56. The molecule has 0 radical (unpaired) electrons. The first-order chi connectivity index (χ1) is 9.56. The van der Waals surface area contributed by atoms with E-state index >= 15 is 0 Å². The monoisotopic (exact) mass is 339 g/mol. The average Bonchev–Trinajstić information content (AvgIpc) is 2.88. The van der Waals surface area contributed by atoms with Crippen LogP contribution in [0.25, 0.3) is 0 Å². The third-order valence-corrected chi connectivity index (χ3v) is 4.52. The molecule has 0 spiro atoms. The van der Waals surface area contributed by atoms with Gasteiger partial charge in [0.25, 0.3) is 0 Å². The molecule has 1 aliphatic heterocycles. The Hall–Kier alpha value is -1.27. The first kappa shape index (κ1) is 13.7. The Bertz CT molecular complexity index is 643. The van der Waals surface area contributed by atoms with Crippen molar-refractivity contribution in [1.29, 1.82) is 0 Å². The van der Waals surface area contributed by atoms with Gasteiger partial charge < -0.3 is 4.42 Å². The maximum Gasteiger partial charge on any atom is 0.233 e. The third-order valence-electron chi connectivity index (χ3n) is 3.77. The average molecular weight is 340 g/mol. The van der Waals surface area contributed by atoms with Crippen molar-refractivity contribution in [3.63, 3.8) is 0 Å². The molecular weight excluding hydrogens is 325 g/mol. The van der Waals surface area contributed by atoms with E-state index in [2.05, 4.69) is 31.0 Å². The highest BCUT2D eigenvalue weighted by molar-refractivity contribution is 9.10. The fraction of sp³-hybridized carbons (Fsp3) is 0.429. The summed E-state index contributed by atoms with van der Waals surface area (Å²) in [5.74, 6) is 0.987. The molecule has 0 N–H and O–H groups in total. The SMILES string of the molecule is Cc1nnc([C@H](C)N2CCc3c(Br)ccc(F)c3C2)o1. The van der Waals surface area contributed by atoms with Crippen LogP contribution < -0.4 is 0 Å². The quantitative estimate of drug-likeness (QED) is 0.840. The van der Waals surface area contributed by atoms with Crippen molar-refractivity contribution >= 4 is 15.9 Å². The summed E-state index contributed by atoms with van der Waals surface area (Å²) < 4.78 is 20.5. The van der Waals surface area contributed by atoms with Gasteiger partial charge in [0.1, 0.15) is 5.82 Å². The van der Waals surface area contributed by atoms with Gasteiger partial charge in [0, 0.05) is 30.0 Å². The molecule has 1 aromatic heterocycles. The Morgan fingerprint density at radius 2 is 2.15 bits per heavy atom. The van der Waals surface area contributed by atoms with E-state index in [0.29, 0.717) is 18.3 Å². The number of rotatable bonds is 2. The Morgan fingerprint density at radius 3 is 2.85 bits per heavy atom. The lowest BCUT2D eigenvalue weighted by molar-refractivity contribution is 0.162. The molecule has 0 amide bonds. The highest BCUT2D eigenvalue weighted by Gasteiger charge is 2.27. The van der Waals surface area contributed by atoms with Gasteiger partial charge in [0.15, 0.2) is 0 Å². The molecule has 106 valence electrons. The molecule has 0 unspecified atom stereocenters. The van der Waals surface area contributed by atoms with Gasteiger partial charge in [-0.3, -0.25) is 4.90 Å². The topological polar surface area (TPSA) is 42.2 Å². The number of halogens is 2. The van der Waals surface area contributed by atoms with Gasteiger partial charge in [-0.05, 0) is 31.0 Å². The summed E-state index contributed by atoms with van der Waals surface area (Å²) in [6.45, 7) is 5.18. The van der Waals surface area contributed by atoms with Crippen molar-refractivity contribution in [3.8, 4) is 0 Å². The molecule has 1 aromatic carbocycles. The molecule has 0 bridgehead atoms. The smallest absolute Gasteiger partial charge is 0.233 e. The summed E-state index contributed by atoms with van der Waals surface area (Å²) >= 11 is 3.50. The molecule has 2 heterocycles. The standard InChI is InChI=1S/C14H15BrFN3O/c1-8(14-18-17-9(2)20-14)19-6-5-10-11(7-19)13(16)4-3-12(10)15/h3-4,8H,5-7H2,1-2H3/t8-/m0/s1. The van der Waals surface area contributed by atoms with Crippen LogP contribution in [0.1, 0.15) is 35.9 Å². The molecule has 0 saturated heterocycles. The van der Waals surface area contributed by atoms with E-state index < -0.39 is 0 Å². The Labute approximate surface area is 125 Å². The van der Waals surface area contributed by atoms with Crippen LogP contribution in [0.3, 0.4) is 0 Å². The van der Waals surface area contributed by atoms with Crippen LogP contribution in [0.4, 0.5) is 4.39 Å². The summed E-state index contributed by atoms with van der Waals surface area (Å²) in [6, 6.07) is 3.27. The van der Waals surface area contributed by atoms with Crippen molar-refractivity contribution in [3.05, 3.63) is 45.3 Å². The minimum absolute atomic E-state index is 0.0114. The zero-order valence-electron chi connectivity index (χ0n) is 11.4. The van der Waals surface area contributed by atoms with Crippen molar-refractivity contribution in [2.24, 2.45) is 0 Å². The van der Waals surface area contributed by atoms with Gasteiger partial charge >= 0.3 is 0 Å². The Kier molecular flexibility index (Phi) is 3.60. The molecule has 0 aliphatic carbocycles.